The second kappa shape index (κ2) is 9.98. The van der Waals surface area contributed by atoms with E-state index in [0.717, 1.165) is 23.8 Å². The molecule has 0 heterocycles. The van der Waals surface area contributed by atoms with Gasteiger partial charge in [-0.25, -0.2) is 8.42 Å². The van der Waals surface area contributed by atoms with Crippen molar-refractivity contribution in [3.05, 3.63) is 101 Å². The molecule has 0 aliphatic carbocycles. The molecule has 5 nitrogen and oxygen atoms in total. The largest absolute Gasteiger partial charge is 0.345 e. The normalized spacial score (nSPS) is 12.2. The molecule has 0 aromatic heterocycles. The zero-order chi connectivity index (χ0) is 22.4. The van der Waals surface area contributed by atoms with E-state index in [2.05, 4.69) is 5.32 Å². The van der Waals surface area contributed by atoms with Crippen LogP contribution < -0.4 is 9.62 Å². The van der Waals surface area contributed by atoms with E-state index in [1.54, 1.807) is 48.5 Å². The molecule has 0 spiro atoms. The van der Waals surface area contributed by atoms with Crippen molar-refractivity contribution in [3.63, 3.8) is 0 Å². The highest BCUT2D eigenvalue weighted by Crippen LogP contribution is 2.24. The number of rotatable bonds is 8. The summed E-state index contributed by atoms with van der Waals surface area (Å²) in [6, 6.07) is 23.4. The fourth-order valence-electron chi connectivity index (χ4n) is 3.31. The van der Waals surface area contributed by atoms with E-state index in [1.807, 2.05) is 37.3 Å². The Morgan fingerprint density at radius 2 is 1.68 bits per heavy atom. The molecule has 0 aliphatic rings. The second-order valence-electron chi connectivity index (χ2n) is 7.29. The maximum atomic E-state index is 12.7. The minimum absolute atomic E-state index is 0.0723. The number of carbonyl (C=O) groups is 1. The number of benzene rings is 3. The third-order valence-electron chi connectivity index (χ3n) is 4.95. The average Bonchev–Trinajstić information content (AvgIpc) is 2.76. The molecule has 0 saturated heterocycles. The number of amides is 1. The summed E-state index contributed by atoms with van der Waals surface area (Å²) in [6.45, 7) is 2.17. The highest BCUT2D eigenvalue weighted by molar-refractivity contribution is 7.92. The Morgan fingerprint density at radius 3 is 2.26 bits per heavy atom. The van der Waals surface area contributed by atoms with Gasteiger partial charge < -0.3 is 5.32 Å². The molecule has 0 fully saturated rings. The summed E-state index contributed by atoms with van der Waals surface area (Å²) in [5, 5.41) is 3.52. The fourth-order valence-corrected chi connectivity index (χ4v) is 4.37. The van der Waals surface area contributed by atoms with Crippen LogP contribution in [-0.4, -0.2) is 20.6 Å². The molecule has 3 aromatic rings. The Labute approximate surface area is 188 Å². The van der Waals surface area contributed by atoms with Crippen LogP contribution in [-0.2, 0) is 16.6 Å². The lowest BCUT2D eigenvalue weighted by Crippen LogP contribution is -2.29. The van der Waals surface area contributed by atoms with E-state index in [1.165, 1.54) is 4.31 Å². The summed E-state index contributed by atoms with van der Waals surface area (Å²) >= 11 is 6.03. The van der Waals surface area contributed by atoms with E-state index < -0.39 is 10.0 Å². The van der Waals surface area contributed by atoms with E-state index in [-0.39, 0.29) is 18.5 Å². The van der Waals surface area contributed by atoms with Crippen LogP contribution in [0.3, 0.4) is 0 Å². The Morgan fingerprint density at radius 1 is 1.00 bits per heavy atom. The lowest BCUT2D eigenvalue weighted by molar-refractivity contribution is 0.0935. The SMILES string of the molecule is CCC(NC(=O)c1ccc(CN(c2cccc(Cl)c2)S(C)(=O)=O)cc1)c1ccccc1. The van der Waals surface area contributed by atoms with E-state index in [9.17, 15) is 13.2 Å². The zero-order valence-corrected chi connectivity index (χ0v) is 19.0. The van der Waals surface area contributed by atoms with Gasteiger partial charge in [-0.1, -0.05) is 67.1 Å². The highest BCUT2D eigenvalue weighted by atomic mass is 35.5. The van der Waals surface area contributed by atoms with Gasteiger partial charge in [0.2, 0.25) is 10.0 Å². The molecule has 0 bridgehead atoms. The minimum Gasteiger partial charge on any atom is -0.345 e. The lowest BCUT2D eigenvalue weighted by Gasteiger charge is -2.23. The predicted octanol–water partition coefficient (Wildman–Crippen LogP) is 5.19. The van der Waals surface area contributed by atoms with Crippen molar-refractivity contribution in [1.82, 2.24) is 5.32 Å². The number of hydrogen-bond acceptors (Lipinski definition) is 3. The number of anilines is 1. The lowest BCUT2D eigenvalue weighted by atomic mass is 10.0. The molecule has 1 atom stereocenters. The molecule has 3 aromatic carbocycles. The van der Waals surface area contributed by atoms with Crippen molar-refractivity contribution in [2.75, 3.05) is 10.6 Å². The first-order valence-corrected chi connectivity index (χ1v) is 12.2. The van der Waals surface area contributed by atoms with Gasteiger partial charge in [0, 0.05) is 10.6 Å². The summed E-state index contributed by atoms with van der Waals surface area (Å²) in [6.07, 6.45) is 1.93. The van der Waals surface area contributed by atoms with Gasteiger partial charge in [0.05, 0.1) is 24.5 Å². The van der Waals surface area contributed by atoms with Crippen LogP contribution in [0.1, 0.15) is 40.9 Å². The third-order valence-corrected chi connectivity index (χ3v) is 6.33. The minimum atomic E-state index is -3.51. The number of halogens is 1. The molecule has 0 saturated carbocycles. The molecule has 1 N–H and O–H groups in total. The monoisotopic (exact) mass is 456 g/mol. The fraction of sp³-hybridized carbons (Fsp3) is 0.208. The molecule has 162 valence electrons. The van der Waals surface area contributed by atoms with Crippen LogP contribution in [0.2, 0.25) is 5.02 Å². The molecule has 3 rings (SSSR count). The second-order valence-corrected chi connectivity index (χ2v) is 9.63. The quantitative estimate of drug-likeness (QED) is 0.507. The van der Waals surface area contributed by atoms with Gasteiger partial charge >= 0.3 is 0 Å². The molecular weight excluding hydrogens is 432 g/mol. The summed E-state index contributed by atoms with van der Waals surface area (Å²) in [5.74, 6) is -0.169. The first-order valence-electron chi connectivity index (χ1n) is 9.96. The maximum Gasteiger partial charge on any atom is 0.251 e. The smallest absolute Gasteiger partial charge is 0.251 e. The Balaban J connectivity index is 1.75. The van der Waals surface area contributed by atoms with Crippen molar-refractivity contribution in [2.45, 2.75) is 25.9 Å². The molecule has 1 unspecified atom stereocenters. The Kier molecular flexibility index (Phi) is 7.36. The Hall–Kier alpha value is -2.83. The number of sulfonamides is 1. The number of carbonyl (C=O) groups excluding carboxylic acids is 1. The first kappa shape index (κ1) is 22.8. The van der Waals surface area contributed by atoms with E-state index in [0.29, 0.717) is 16.3 Å². The van der Waals surface area contributed by atoms with Gasteiger partial charge in [0.1, 0.15) is 0 Å². The van der Waals surface area contributed by atoms with Gasteiger partial charge in [-0.3, -0.25) is 9.10 Å². The van der Waals surface area contributed by atoms with Gasteiger partial charge in [-0.2, -0.15) is 0 Å². The van der Waals surface area contributed by atoms with Gasteiger partial charge in [0.25, 0.3) is 5.91 Å². The molecule has 1 amide bonds. The van der Waals surface area contributed by atoms with Crippen LogP contribution >= 0.6 is 11.6 Å². The maximum absolute atomic E-state index is 12.7. The zero-order valence-electron chi connectivity index (χ0n) is 17.5. The van der Waals surface area contributed by atoms with Crippen molar-refractivity contribution in [1.29, 1.82) is 0 Å². The van der Waals surface area contributed by atoms with Crippen LogP contribution in [0.4, 0.5) is 5.69 Å². The van der Waals surface area contributed by atoms with Crippen molar-refractivity contribution >= 4 is 33.2 Å². The van der Waals surface area contributed by atoms with Gasteiger partial charge in [-0.15, -0.1) is 0 Å². The van der Waals surface area contributed by atoms with Crippen molar-refractivity contribution in [3.8, 4) is 0 Å². The predicted molar refractivity (Wildman–Crippen MR) is 126 cm³/mol. The van der Waals surface area contributed by atoms with Crippen LogP contribution in [0.5, 0.6) is 0 Å². The van der Waals surface area contributed by atoms with E-state index in [4.69, 9.17) is 11.6 Å². The Bertz CT molecular complexity index is 1130. The van der Waals surface area contributed by atoms with Gasteiger partial charge in [0.15, 0.2) is 0 Å². The van der Waals surface area contributed by atoms with Crippen molar-refractivity contribution < 1.29 is 13.2 Å². The van der Waals surface area contributed by atoms with Crippen LogP contribution in [0, 0.1) is 0 Å². The highest BCUT2D eigenvalue weighted by Gasteiger charge is 2.19. The summed E-state index contributed by atoms with van der Waals surface area (Å²) in [5.41, 5.74) is 2.83. The topological polar surface area (TPSA) is 66.5 Å². The first-order chi connectivity index (χ1) is 14.8. The molecular formula is C24H25ClN2O3S. The average molecular weight is 457 g/mol. The molecule has 31 heavy (non-hydrogen) atoms. The molecule has 0 radical (unpaired) electrons. The van der Waals surface area contributed by atoms with Crippen molar-refractivity contribution in [2.24, 2.45) is 0 Å². The number of nitrogens with one attached hydrogen (secondary N) is 1. The molecule has 0 aliphatic heterocycles. The molecule has 7 heteroatoms. The third kappa shape index (κ3) is 6.09. The van der Waals surface area contributed by atoms with Crippen LogP contribution in [0.25, 0.3) is 0 Å². The standard InChI is InChI=1S/C24H25ClN2O3S/c1-3-23(19-8-5-4-6-9-19)26-24(28)20-14-12-18(13-15-20)17-27(31(2,29)30)22-11-7-10-21(25)16-22/h4-16,23H,3,17H2,1-2H3,(H,26,28). The van der Waals surface area contributed by atoms with Gasteiger partial charge in [-0.05, 0) is 47.9 Å². The summed E-state index contributed by atoms with van der Waals surface area (Å²) in [7, 11) is -3.51. The summed E-state index contributed by atoms with van der Waals surface area (Å²) < 4.78 is 25.9. The number of hydrogen-bond donors (Lipinski definition) is 1. The summed E-state index contributed by atoms with van der Waals surface area (Å²) in [4.78, 5) is 12.7. The van der Waals surface area contributed by atoms with E-state index >= 15 is 0 Å². The number of nitrogens with zero attached hydrogens (tertiary/aromatic N) is 1. The van der Waals surface area contributed by atoms with Crippen LogP contribution in [0.15, 0.2) is 78.9 Å².